The Hall–Kier alpha value is -4.10. The normalized spacial score (nSPS) is 14.6. The number of amides is 1. The zero-order chi connectivity index (χ0) is 28.9. The Kier molecular flexibility index (Phi) is 6.75. The van der Waals surface area contributed by atoms with Crippen LogP contribution in [0.1, 0.15) is 29.9 Å². The Bertz CT molecular complexity index is 1560. The summed E-state index contributed by atoms with van der Waals surface area (Å²) in [4.78, 5) is 21.0. The first kappa shape index (κ1) is 27.5. The summed E-state index contributed by atoms with van der Waals surface area (Å²) in [7, 11) is 6.13. The number of aromatic nitrogens is 5. The molecular weight excluding hydrogens is 527 g/mol. The van der Waals surface area contributed by atoms with E-state index in [1.807, 2.05) is 41.3 Å². The lowest BCUT2D eigenvalue weighted by Gasteiger charge is -2.18. The van der Waals surface area contributed by atoms with Gasteiger partial charge in [0, 0.05) is 30.2 Å². The van der Waals surface area contributed by atoms with Gasteiger partial charge in [-0.2, -0.15) is 18.3 Å². The van der Waals surface area contributed by atoms with E-state index in [1.54, 1.807) is 18.5 Å². The molecule has 1 aliphatic carbocycles. The molecular formula is C24H24B3F4N7O2. The molecule has 0 unspecified atom stereocenters. The molecule has 9 nitrogen and oxygen atoms in total. The van der Waals surface area contributed by atoms with E-state index in [-0.39, 0.29) is 41.6 Å². The van der Waals surface area contributed by atoms with Gasteiger partial charge in [0.15, 0.2) is 11.6 Å². The van der Waals surface area contributed by atoms with Crippen molar-refractivity contribution in [3.8, 4) is 11.1 Å². The average Bonchev–Trinajstić information content (AvgIpc) is 3.44. The van der Waals surface area contributed by atoms with Gasteiger partial charge in [0.05, 0.1) is 17.8 Å². The maximum atomic E-state index is 14.8. The third-order valence-corrected chi connectivity index (χ3v) is 6.76. The molecule has 40 heavy (non-hydrogen) atoms. The van der Waals surface area contributed by atoms with Crippen LogP contribution in [0.3, 0.4) is 0 Å². The van der Waals surface area contributed by atoms with Crippen LogP contribution in [0.5, 0.6) is 0 Å². The molecule has 1 aliphatic rings. The summed E-state index contributed by atoms with van der Waals surface area (Å²) in [5.74, 6) is -1.42. The summed E-state index contributed by atoms with van der Waals surface area (Å²) in [6.07, 6.45) is -0.0148. The van der Waals surface area contributed by atoms with Gasteiger partial charge >= 0.3 is 6.18 Å². The zero-order valence-corrected chi connectivity index (χ0v) is 22.2. The van der Waals surface area contributed by atoms with Crippen LogP contribution in [0.25, 0.3) is 11.1 Å². The van der Waals surface area contributed by atoms with Crippen LogP contribution in [0.2, 0.25) is 0 Å². The number of hydrogen-bond acceptors (Lipinski definition) is 7. The van der Waals surface area contributed by atoms with Gasteiger partial charge in [-0.05, 0) is 42.2 Å². The highest BCUT2D eigenvalue weighted by Crippen LogP contribution is 2.59. The lowest BCUT2D eigenvalue weighted by Crippen LogP contribution is -2.35. The maximum Gasteiger partial charge on any atom is 0.401 e. The maximum absolute atomic E-state index is 14.8. The lowest BCUT2D eigenvalue weighted by molar-refractivity contribution is -0.165. The number of alkyl halides is 3. The molecule has 0 bridgehead atoms. The summed E-state index contributed by atoms with van der Waals surface area (Å²) in [6, 6.07) is 5.41. The molecule has 1 aromatic carbocycles. The number of carbonyl (C=O) groups excluding carboxylic acids is 1. The molecule has 204 valence electrons. The summed E-state index contributed by atoms with van der Waals surface area (Å²) in [5, 5.41) is 13.3. The smallest absolute Gasteiger partial charge is 0.358 e. The highest BCUT2D eigenvalue weighted by molar-refractivity contribution is 6.56. The van der Waals surface area contributed by atoms with Gasteiger partial charge in [0.2, 0.25) is 11.9 Å². The Labute approximate surface area is 229 Å². The van der Waals surface area contributed by atoms with Gasteiger partial charge in [-0.25, -0.2) is 14.4 Å². The third-order valence-electron chi connectivity index (χ3n) is 6.76. The number of nitrogens with zero attached hydrogens (tertiary/aromatic N) is 5. The number of aryl methyl sites for hydroxylation is 1. The molecule has 1 fully saturated rings. The quantitative estimate of drug-likeness (QED) is 0.254. The SMILES string of the molecule is BC(B)(B)n1cc(Nc2ncc(-c3ccc(CC(=O)Nc4cc(C5(C(F)(F)F)CC5)on4)c(F)c3)cn2)c(C)n1. The van der Waals surface area contributed by atoms with E-state index in [9.17, 15) is 22.4 Å². The van der Waals surface area contributed by atoms with Crippen LogP contribution in [-0.2, 0) is 21.9 Å². The second-order valence-electron chi connectivity index (χ2n) is 10.9. The van der Waals surface area contributed by atoms with Crippen molar-refractivity contribution in [2.45, 2.75) is 43.0 Å². The van der Waals surface area contributed by atoms with Gasteiger partial charge < -0.3 is 15.2 Å². The van der Waals surface area contributed by atoms with E-state index in [1.165, 1.54) is 12.1 Å². The van der Waals surface area contributed by atoms with Crippen molar-refractivity contribution in [3.05, 3.63) is 65.7 Å². The molecule has 1 saturated carbocycles. The minimum atomic E-state index is -4.46. The first-order valence-corrected chi connectivity index (χ1v) is 12.5. The number of halogens is 4. The van der Waals surface area contributed by atoms with Crippen LogP contribution in [0.4, 0.5) is 35.0 Å². The second-order valence-corrected chi connectivity index (χ2v) is 10.9. The summed E-state index contributed by atoms with van der Waals surface area (Å²) >= 11 is 0. The van der Waals surface area contributed by atoms with Gasteiger partial charge in [0.25, 0.3) is 0 Å². The van der Waals surface area contributed by atoms with E-state index < -0.39 is 23.3 Å². The summed E-state index contributed by atoms with van der Waals surface area (Å²) in [6.45, 7) is 1.88. The fourth-order valence-corrected chi connectivity index (χ4v) is 4.17. The Balaban J connectivity index is 1.22. The summed E-state index contributed by atoms with van der Waals surface area (Å²) < 4.78 is 61.3. The van der Waals surface area contributed by atoms with Crippen LogP contribution in [0.15, 0.2) is 47.4 Å². The average molecular weight is 551 g/mol. The molecule has 0 atom stereocenters. The van der Waals surface area contributed by atoms with E-state index in [0.29, 0.717) is 17.1 Å². The minimum Gasteiger partial charge on any atom is -0.358 e. The molecule has 0 aliphatic heterocycles. The van der Waals surface area contributed by atoms with Gasteiger partial charge in [0.1, 0.15) is 34.8 Å². The predicted octanol–water partition coefficient (Wildman–Crippen LogP) is 1.76. The standard InChI is InChI=1S/C24H24B3F4N7O2/c1-12-17(11-38(36-12)24(25,26)27)34-21-32-9-15(10-33-21)13-2-3-14(16(28)6-13)7-20(39)35-19-8-18(40-37-19)22(4-5-22)23(29,30)31/h2-3,6,8-11H,4-5,7,25-27H2,1H3,(H,32,33,34)(H,35,37,39). The van der Waals surface area contributed by atoms with E-state index in [0.717, 1.165) is 17.4 Å². The van der Waals surface area contributed by atoms with Crippen molar-refractivity contribution in [3.63, 3.8) is 0 Å². The van der Waals surface area contributed by atoms with E-state index in [4.69, 9.17) is 4.52 Å². The number of anilines is 3. The fourth-order valence-electron chi connectivity index (χ4n) is 4.17. The minimum absolute atomic E-state index is 0.0936. The molecule has 3 aromatic heterocycles. The lowest BCUT2D eigenvalue weighted by atomic mass is 9.49. The number of hydrogen-bond donors (Lipinski definition) is 2. The van der Waals surface area contributed by atoms with Crippen molar-refractivity contribution in [1.29, 1.82) is 0 Å². The molecule has 3 heterocycles. The van der Waals surface area contributed by atoms with E-state index >= 15 is 0 Å². The number of benzene rings is 1. The molecule has 0 saturated heterocycles. The fraction of sp³-hybridized carbons (Fsp3) is 0.292. The topological polar surface area (TPSA) is 111 Å². The highest BCUT2D eigenvalue weighted by atomic mass is 19.4. The first-order valence-electron chi connectivity index (χ1n) is 12.5. The Morgan fingerprint density at radius 3 is 2.40 bits per heavy atom. The molecule has 1 amide bonds. The van der Waals surface area contributed by atoms with Crippen LogP contribution < -0.4 is 10.6 Å². The number of nitrogens with one attached hydrogen (secondary N) is 2. The van der Waals surface area contributed by atoms with Gasteiger partial charge in [-0.3, -0.25) is 9.48 Å². The number of rotatable bonds is 8. The monoisotopic (exact) mass is 551 g/mol. The van der Waals surface area contributed by atoms with Crippen molar-refractivity contribution in [2.24, 2.45) is 0 Å². The van der Waals surface area contributed by atoms with Crippen molar-refractivity contribution < 1.29 is 26.9 Å². The molecule has 16 heteroatoms. The zero-order valence-electron chi connectivity index (χ0n) is 22.2. The Morgan fingerprint density at radius 2 is 1.82 bits per heavy atom. The highest BCUT2D eigenvalue weighted by Gasteiger charge is 2.66. The Morgan fingerprint density at radius 1 is 1.12 bits per heavy atom. The van der Waals surface area contributed by atoms with Gasteiger partial charge in [-0.1, -0.05) is 17.3 Å². The molecule has 5 rings (SSSR count). The van der Waals surface area contributed by atoms with Crippen LogP contribution in [-0.4, -0.2) is 60.5 Å². The third kappa shape index (κ3) is 5.47. The largest absolute Gasteiger partial charge is 0.401 e. The first-order chi connectivity index (χ1) is 18.7. The van der Waals surface area contributed by atoms with Crippen LogP contribution >= 0.6 is 0 Å². The summed E-state index contributed by atoms with van der Waals surface area (Å²) in [5.41, 5.74) is 0.693. The van der Waals surface area contributed by atoms with Gasteiger partial charge in [-0.15, -0.1) is 0 Å². The molecule has 0 spiro atoms. The predicted molar refractivity (Wildman–Crippen MR) is 147 cm³/mol. The number of carbonyl (C=O) groups is 1. The van der Waals surface area contributed by atoms with Crippen LogP contribution in [0, 0.1) is 12.7 Å². The molecule has 4 aromatic rings. The molecule has 0 radical (unpaired) electrons. The second kappa shape index (κ2) is 9.83. The van der Waals surface area contributed by atoms with Crippen molar-refractivity contribution >= 4 is 46.9 Å². The molecule has 2 N–H and O–H groups in total. The van der Waals surface area contributed by atoms with Crippen molar-refractivity contribution in [1.82, 2.24) is 24.9 Å². The van der Waals surface area contributed by atoms with Crippen molar-refractivity contribution in [2.75, 3.05) is 10.6 Å². The van der Waals surface area contributed by atoms with E-state index in [2.05, 4.69) is 30.9 Å².